The van der Waals surface area contributed by atoms with Crippen LogP contribution in [0.2, 0.25) is 5.02 Å². The van der Waals surface area contributed by atoms with Crippen molar-refractivity contribution in [3.05, 3.63) is 17.4 Å². The highest BCUT2D eigenvalue weighted by Crippen LogP contribution is 2.41. The van der Waals surface area contributed by atoms with Crippen LogP contribution in [-0.4, -0.2) is 59.2 Å². The number of aliphatic hydroxyl groups excluding tert-OH is 1. The van der Waals surface area contributed by atoms with Crippen molar-refractivity contribution in [3.63, 3.8) is 0 Å². The summed E-state index contributed by atoms with van der Waals surface area (Å²) >= 11 is 5.85. The van der Waals surface area contributed by atoms with Crippen LogP contribution in [0, 0.1) is 11.3 Å². The molecule has 3 heterocycles. The van der Waals surface area contributed by atoms with Crippen LogP contribution < -0.4 is 0 Å². The number of ether oxygens (including phenoxy) is 1. The largest absolute Gasteiger partial charge is 0.396 e. The van der Waals surface area contributed by atoms with Crippen LogP contribution in [0.15, 0.2) is 12.4 Å². The topological polar surface area (TPSA) is 50.5 Å². The maximum Gasteiger partial charge on any atom is 0.0785 e. The fraction of sp³-hybridized carbons (Fsp3) is 0.769. The normalized spacial score (nSPS) is 31.6. The van der Waals surface area contributed by atoms with Crippen LogP contribution in [0.4, 0.5) is 0 Å². The lowest BCUT2D eigenvalue weighted by Gasteiger charge is -2.36. The number of fused-ring (bicyclic) bond motifs is 1. The van der Waals surface area contributed by atoms with E-state index in [9.17, 15) is 5.11 Å². The quantitative estimate of drug-likeness (QED) is 0.892. The molecule has 19 heavy (non-hydrogen) atoms. The van der Waals surface area contributed by atoms with E-state index in [4.69, 9.17) is 16.3 Å². The first kappa shape index (κ1) is 13.4. The maximum atomic E-state index is 9.74. The van der Waals surface area contributed by atoms with E-state index in [1.54, 1.807) is 6.20 Å². The molecule has 0 bridgehead atoms. The molecule has 1 aromatic rings. The Labute approximate surface area is 118 Å². The van der Waals surface area contributed by atoms with Gasteiger partial charge in [0.1, 0.15) is 0 Å². The minimum absolute atomic E-state index is 0.0556. The third-order valence-electron chi connectivity index (χ3n) is 4.51. The Bertz CT molecular complexity index is 439. The molecule has 3 rings (SSSR count). The molecule has 0 aromatic carbocycles. The Morgan fingerprint density at radius 1 is 1.53 bits per heavy atom. The van der Waals surface area contributed by atoms with E-state index in [1.807, 2.05) is 10.9 Å². The van der Waals surface area contributed by atoms with Crippen molar-refractivity contribution in [1.29, 1.82) is 0 Å². The van der Waals surface area contributed by atoms with Gasteiger partial charge in [-0.15, -0.1) is 0 Å². The molecule has 2 aliphatic rings. The number of likely N-dealkylation sites (tertiary alicyclic amines) is 1. The van der Waals surface area contributed by atoms with Crippen LogP contribution in [0.3, 0.4) is 0 Å². The zero-order valence-corrected chi connectivity index (χ0v) is 11.7. The van der Waals surface area contributed by atoms with Gasteiger partial charge in [0.2, 0.25) is 0 Å². The average molecular weight is 286 g/mol. The fourth-order valence-corrected chi connectivity index (χ4v) is 3.45. The van der Waals surface area contributed by atoms with E-state index in [1.165, 1.54) is 0 Å². The lowest BCUT2D eigenvalue weighted by atomic mass is 9.75. The highest BCUT2D eigenvalue weighted by molar-refractivity contribution is 6.30. The molecule has 0 spiro atoms. The SMILES string of the molecule is OC[C@]12CCOC[C@H]1CN(CCn1cc(Cl)cn1)C2. The zero-order valence-electron chi connectivity index (χ0n) is 11.0. The third-order valence-corrected chi connectivity index (χ3v) is 4.70. The Kier molecular flexibility index (Phi) is 3.80. The van der Waals surface area contributed by atoms with Crippen LogP contribution >= 0.6 is 11.6 Å². The third kappa shape index (κ3) is 2.65. The monoisotopic (exact) mass is 285 g/mol. The second-order valence-corrected chi connectivity index (χ2v) is 6.14. The first-order valence-electron chi connectivity index (χ1n) is 6.81. The van der Waals surface area contributed by atoms with E-state index in [2.05, 4.69) is 10.00 Å². The lowest BCUT2D eigenvalue weighted by Crippen LogP contribution is -2.41. The van der Waals surface area contributed by atoms with Crippen LogP contribution in [0.5, 0.6) is 0 Å². The van der Waals surface area contributed by atoms with E-state index < -0.39 is 0 Å². The van der Waals surface area contributed by atoms with E-state index >= 15 is 0 Å². The number of aromatic nitrogens is 2. The van der Waals surface area contributed by atoms with E-state index in [0.29, 0.717) is 10.9 Å². The van der Waals surface area contributed by atoms with Crippen molar-refractivity contribution in [2.24, 2.45) is 11.3 Å². The maximum absolute atomic E-state index is 9.74. The summed E-state index contributed by atoms with van der Waals surface area (Å²) in [7, 11) is 0. The number of aliphatic hydroxyl groups is 1. The number of rotatable bonds is 4. The van der Waals surface area contributed by atoms with E-state index in [0.717, 1.165) is 45.8 Å². The van der Waals surface area contributed by atoms with Gasteiger partial charge < -0.3 is 14.7 Å². The Morgan fingerprint density at radius 3 is 3.11 bits per heavy atom. The standard InChI is InChI=1S/C13H20ClN3O2/c14-12-5-15-17(7-12)3-2-16-6-11-8-19-4-1-13(11,9-16)10-18/h5,7,11,18H,1-4,6,8-10H2/t11-,13-/m1/s1. The van der Waals surface area contributed by atoms with Gasteiger partial charge >= 0.3 is 0 Å². The van der Waals surface area contributed by atoms with Gasteiger partial charge in [-0.2, -0.15) is 5.10 Å². The lowest BCUT2D eigenvalue weighted by molar-refractivity contribution is -0.0416. The molecule has 2 saturated heterocycles. The minimum atomic E-state index is 0.0556. The molecule has 5 nitrogen and oxygen atoms in total. The Hall–Kier alpha value is -0.620. The van der Waals surface area contributed by atoms with Gasteiger partial charge in [-0.25, -0.2) is 0 Å². The fourth-order valence-electron chi connectivity index (χ4n) is 3.29. The summed E-state index contributed by atoms with van der Waals surface area (Å²) in [4.78, 5) is 2.41. The molecule has 1 N–H and O–H groups in total. The van der Waals surface area contributed by atoms with Crippen molar-refractivity contribution in [2.45, 2.75) is 13.0 Å². The van der Waals surface area contributed by atoms with Gasteiger partial charge in [0.05, 0.1) is 31.0 Å². The summed E-state index contributed by atoms with van der Waals surface area (Å²) in [6.07, 6.45) is 4.47. The van der Waals surface area contributed by atoms with E-state index in [-0.39, 0.29) is 12.0 Å². The van der Waals surface area contributed by atoms with Crippen molar-refractivity contribution in [1.82, 2.24) is 14.7 Å². The second kappa shape index (κ2) is 5.40. The number of hydrogen-bond donors (Lipinski definition) is 1. The summed E-state index contributed by atoms with van der Waals surface area (Å²) in [5.41, 5.74) is 0.0556. The molecule has 0 aliphatic carbocycles. The molecular weight excluding hydrogens is 266 g/mol. The van der Waals surface area contributed by atoms with Crippen LogP contribution in [-0.2, 0) is 11.3 Å². The van der Waals surface area contributed by atoms with Gasteiger partial charge in [-0.3, -0.25) is 4.68 Å². The highest BCUT2D eigenvalue weighted by Gasteiger charge is 2.47. The predicted molar refractivity (Wildman–Crippen MR) is 72.1 cm³/mol. The summed E-state index contributed by atoms with van der Waals surface area (Å²) in [5.74, 6) is 0.465. The molecular formula is C13H20ClN3O2. The molecule has 0 unspecified atom stereocenters. The Morgan fingerprint density at radius 2 is 2.42 bits per heavy atom. The molecule has 2 atom stereocenters. The van der Waals surface area contributed by atoms with Gasteiger partial charge in [0, 0.05) is 43.8 Å². The zero-order chi connectivity index (χ0) is 13.3. The summed E-state index contributed by atoms with van der Waals surface area (Å²) < 4.78 is 7.42. The first-order chi connectivity index (χ1) is 9.22. The second-order valence-electron chi connectivity index (χ2n) is 5.70. The van der Waals surface area contributed by atoms with Crippen molar-refractivity contribution >= 4 is 11.6 Å². The first-order valence-corrected chi connectivity index (χ1v) is 7.19. The molecule has 0 radical (unpaired) electrons. The number of hydrogen-bond acceptors (Lipinski definition) is 4. The van der Waals surface area contributed by atoms with Gasteiger partial charge in [0.15, 0.2) is 0 Å². The predicted octanol–water partition coefficient (Wildman–Crippen LogP) is 0.867. The smallest absolute Gasteiger partial charge is 0.0785 e. The Balaban J connectivity index is 1.58. The number of halogens is 1. The molecule has 1 aromatic heterocycles. The molecule has 0 amide bonds. The highest BCUT2D eigenvalue weighted by atomic mass is 35.5. The summed E-state index contributed by atoms with van der Waals surface area (Å²) in [6, 6.07) is 0. The van der Waals surface area contributed by atoms with Crippen molar-refractivity contribution in [2.75, 3.05) is 39.5 Å². The molecule has 6 heteroatoms. The van der Waals surface area contributed by atoms with Gasteiger partial charge in [-0.05, 0) is 6.42 Å². The van der Waals surface area contributed by atoms with Gasteiger partial charge in [-0.1, -0.05) is 11.6 Å². The number of nitrogens with zero attached hydrogens (tertiary/aromatic N) is 3. The van der Waals surface area contributed by atoms with Gasteiger partial charge in [0.25, 0.3) is 0 Å². The molecule has 0 saturated carbocycles. The summed E-state index contributed by atoms with van der Waals surface area (Å²) in [6.45, 7) is 5.58. The van der Waals surface area contributed by atoms with Crippen molar-refractivity contribution < 1.29 is 9.84 Å². The van der Waals surface area contributed by atoms with Crippen molar-refractivity contribution in [3.8, 4) is 0 Å². The minimum Gasteiger partial charge on any atom is -0.396 e. The van der Waals surface area contributed by atoms with Crippen LogP contribution in [0.25, 0.3) is 0 Å². The van der Waals surface area contributed by atoms with Crippen LogP contribution in [0.1, 0.15) is 6.42 Å². The summed E-state index contributed by atoms with van der Waals surface area (Å²) in [5, 5.41) is 14.6. The molecule has 2 fully saturated rings. The molecule has 106 valence electrons. The molecule has 2 aliphatic heterocycles. The average Bonchev–Trinajstić information content (AvgIpc) is 3.00.